The van der Waals surface area contributed by atoms with Crippen LogP contribution in [0.2, 0.25) is 0 Å². The molecule has 15 heavy (non-hydrogen) atoms. The van der Waals surface area contributed by atoms with Crippen LogP contribution >= 0.6 is 0 Å². The molecular weight excluding hydrogens is 186 g/mol. The molecule has 0 spiro atoms. The quantitative estimate of drug-likeness (QED) is 0.439. The highest BCUT2D eigenvalue weighted by Gasteiger charge is 2.27. The normalized spacial score (nSPS) is 15.4. The summed E-state index contributed by atoms with van der Waals surface area (Å²) in [5, 5.41) is 0. The highest BCUT2D eigenvalue weighted by atomic mass is 16.5. The van der Waals surface area contributed by atoms with Crippen LogP contribution in [-0.2, 0) is 4.74 Å². The predicted molar refractivity (Wildman–Crippen MR) is 67.5 cm³/mol. The molecule has 0 aliphatic heterocycles. The molecule has 0 saturated heterocycles. The lowest BCUT2D eigenvalue weighted by molar-refractivity contribution is 0.0960. The number of hydrogen-bond donors (Lipinski definition) is 0. The maximum absolute atomic E-state index is 5.93. The minimum Gasteiger partial charge on any atom is -0.475 e. The first-order valence-corrected chi connectivity index (χ1v) is 5.61. The van der Waals surface area contributed by atoms with E-state index < -0.39 is 0 Å². The monoisotopic (exact) mass is 213 g/mol. The van der Waals surface area contributed by atoms with Crippen LogP contribution in [0, 0.1) is 5.41 Å². The SMILES string of the molecule is CC(C)(C)/N=C(/OC(C)(C)C)C(C)(C)C. The van der Waals surface area contributed by atoms with Crippen molar-refractivity contribution in [2.75, 3.05) is 0 Å². The first kappa shape index (κ1) is 14.5. The molecule has 0 atom stereocenters. The Hall–Kier alpha value is -0.530. The number of ether oxygens (including phenoxy) is 1. The number of nitrogens with zero attached hydrogens (tertiary/aromatic N) is 1. The lowest BCUT2D eigenvalue weighted by atomic mass is 9.95. The molecule has 0 radical (unpaired) electrons. The molecule has 0 unspecified atom stereocenters. The third kappa shape index (κ3) is 7.40. The van der Waals surface area contributed by atoms with Gasteiger partial charge in [-0.3, -0.25) is 0 Å². The van der Waals surface area contributed by atoms with E-state index in [1.165, 1.54) is 0 Å². The summed E-state index contributed by atoms with van der Waals surface area (Å²) >= 11 is 0. The average molecular weight is 213 g/mol. The van der Waals surface area contributed by atoms with Crippen molar-refractivity contribution in [3.63, 3.8) is 0 Å². The van der Waals surface area contributed by atoms with Crippen molar-refractivity contribution >= 4 is 5.90 Å². The molecule has 0 saturated carbocycles. The standard InChI is InChI=1S/C13H27NO/c1-11(2,3)10(14-12(4,5)6)15-13(7,8)9/h1-9H3/b14-10+. The molecule has 0 N–H and O–H groups in total. The fraction of sp³-hybridized carbons (Fsp3) is 0.923. The van der Waals surface area contributed by atoms with E-state index in [-0.39, 0.29) is 16.6 Å². The van der Waals surface area contributed by atoms with Gasteiger partial charge >= 0.3 is 0 Å². The highest BCUT2D eigenvalue weighted by Crippen LogP contribution is 2.24. The van der Waals surface area contributed by atoms with Crippen LogP contribution in [0.25, 0.3) is 0 Å². The van der Waals surface area contributed by atoms with E-state index in [0.29, 0.717) is 0 Å². The summed E-state index contributed by atoms with van der Waals surface area (Å²) in [6, 6.07) is 0. The summed E-state index contributed by atoms with van der Waals surface area (Å²) in [6.45, 7) is 18.8. The van der Waals surface area contributed by atoms with Gasteiger partial charge in [0.25, 0.3) is 0 Å². The second kappa shape index (κ2) is 4.15. The summed E-state index contributed by atoms with van der Waals surface area (Å²) in [7, 11) is 0. The predicted octanol–water partition coefficient (Wildman–Crippen LogP) is 4.04. The van der Waals surface area contributed by atoms with Crippen LogP contribution in [-0.4, -0.2) is 17.0 Å². The zero-order valence-electron chi connectivity index (χ0n) is 11.9. The van der Waals surface area contributed by atoms with Gasteiger partial charge in [0.1, 0.15) is 5.60 Å². The minimum absolute atomic E-state index is 0.0411. The average Bonchev–Trinajstić information content (AvgIpc) is 1.75. The third-order valence-electron chi connectivity index (χ3n) is 1.48. The van der Waals surface area contributed by atoms with Crippen molar-refractivity contribution < 1.29 is 4.74 Å². The third-order valence-corrected chi connectivity index (χ3v) is 1.48. The Morgan fingerprint density at radius 3 is 1.40 bits per heavy atom. The van der Waals surface area contributed by atoms with Gasteiger partial charge in [0.2, 0.25) is 0 Å². The highest BCUT2D eigenvalue weighted by molar-refractivity contribution is 5.82. The van der Waals surface area contributed by atoms with Gasteiger partial charge in [-0.15, -0.1) is 0 Å². The molecular formula is C13H27NO. The summed E-state index contributed by atoms with van der Waals surface area (Å²) in [5.74, 6) is 0.836. The van der Waals surface area contributed by atoms with Crippen LogP contribution < -0.4 is 0 Å². The summed E-state index contributed by atoms with van der Waals surface area (Å²) in [6.07, 6.45) is 0. The van der Waals surface area contributed by atoms with Gasteiger partial charge in [0.15, 0.2) is 5.90 Å². The minimum atomic E-state index is -0.183. The Morgan fingerprint density at radius 2 is 1.20 bits per heavy atom. The molecule has 90 valence electrons. The fourth-order valence-electron chi connectivity index (χ4n) is 0.938. The second-order valence-electron chi connectivity index (χ2n) is 7.05. The van der Waals surface area contributed by atoms with Crippen molar-refractivity contribution in [3.8, 4) is 0 Å². The Kier molecular flexibility index (Phi) is 4.00. The molecule has 0 heterocycles. The Labute approximate surface area is 95.1 Å². The Balaban J connectivity index is 5.02. The van der Waals surface area contributed by atoms with E-state index >= 15 is 0 Å². The number of aliphatic imine (C=N–C) groups is 1. The van der Waals surface area contributed by atoms with Crippen molar-refractivity contribution in [1.29, 1.82) is 0 Å². The zero-order valence-corrected chi connectivity index (χ0v) is 11.9. The summed E-state index contributed by atoms with van der Waals surface area (Å²) in [4.78, 5) is 4.66. The van der Waals surface area contributed by atoms with Crippen molar-refractivity contribution in [3.05, 3.63) is 0 Å². The van der Waals surface area contributed by atoms with Gasteiger partial charge in [0, 0.05) is 5.41 Å². The lowest BCUT2D eigenvalue weighted by Gasteiger charge is -2.31. The van der Waals surface area contributed by atoms with Crippen LogP contribution in [0.5, 0.6) is 0 Å². The van der Waals surface area contributed by atoms with Gasteiger partial charge in [-0.2, -0.15) is 0 Å². The van der Waals surface area contributed by atoms with E-state index in [1.807, 2.05) is 0 Å². The van der Waals surface area contributed by atoms with E-state index in [9.17, 15) is 0 Å². The zero-order chi connectivity index (χ0) is 12.5. The molecule has 0 aromatic heterocycles. The van der Waals surface area contributed by atoms with Crippen LogP contribution in [0.15, 0.2) is 4.99 Å². The summed E-state index contributed by atoms with van der Waals surface area (Å²) < 4.78 is 5.93. The van der Waals surface area contributed by atoms with Crippen LogP contribution in [0.1, 0.15) is 62.3 Å². The molecule has 2 nitrogen and oxygen atoms in total. The smallest absolute Gasteiger partial charge is 0.189 e. The topological polar surface area (TPSA) is 21.6 Å². The number of rotatable bonds is 0. The van der Waals surface area contributed by atoms with Crippen molar-refractivity contribution in [1.82, 2.24) is 0 Å². The van der Waals surface area contributed by atoms with Crippen LogP contribution in [0.3, 0.4) is 0 Å². The first-order chi connectivity index (χ1) is 6.31. The Morgan fingerprint density at radius 1 is 0.800 bits per heavy atom. The van der Waals surface area contributed by atoms with Crippen molar-refractivity contribution in [2.24, 2.45) is 10.4 Å². The van der Waals surface area contributed by atoms with E-state index in [1.54, 1.807) is 0 Å². The van der Waals surface area contributed by atoms with Crippen molar-refractivity contribution in [2.45, 2.75) is 73.5 Å². The largest absolute Gasteiger partial charge is 0.475 e. The lowest BCUT2D eigenvalue weighted by Crippen LogP contribution is -2.34. The maximum atomic E-state index is 5.93. The molecule has 0 aliphatic carbocycles. The van der Waals surface area contributed by atoms with Gasteiger partial charge < -0.3 is 4.74 Å². The van der Waals surface area contributed by atoms with E-state index in [4.69, 9.17) is 4.74 Å². The fourth-order valence-corrected chi connectivity index (χ4v) is 0.938. The first-order valence-electron chi connectivity index (χ1n) is 5.61. The van der Waals surface area contributed by atoms with Gasteiger partial charge in [-0.1, -0.05) is 20.8 Å². The van der Waals surface area contributed by atoms with Gasteiger partial charge in [-0.25, -0.2) is 4.99 Å². The molecule has 0 aromatic carbocycles. The van der Waals surface area contributed by atoms with Gasteiger partial charge in [0.05, 0.1) is 5.54 Å². The molecule has 0 amide bonds. The second-order valence-corrected chi connectivity index (χ2v) is 7.05. The van der Waals surface area contributed by atoms with E-state index in [0.717, 1.165) is 5.90 Å². The molecule has 0 fully saturated rings. The van der Waals surface area contributed by atoms with E-state index in [2.05, 4.69) is 67.3 Å². The molecule has 0 aliphatic rings. The van der Waals surface area contributed by atoms with Crippen LogP contribution in [0.4, 0.5) is 0 Å². The summed E-state index contributed by atoms with van der Waals surface area (Å²) in [5.41, 5.74) is -0.314. The molecule has 0 bridgehead atoms. The Bertz CT molecular complexity index is 233. The molecule has 0 rings (SSSR count). The number of hydrogen-bond acceptors (Lipinski definition) is 2. The molecule has 2 heteroatoms. The maximum Gasteiger partial charge on any atom is 0.189 e. The molecule has 0 aromatic rings. The van der Waals surface area contributed by atoms with Gasteiger partial charge in [-0.05, 0) is 41.5 Å².